The van der Waals surface area contributed by atoms with Gasteiger partial charge in [0.2, 0.25) is 10.0 Å². The molecule has 1 aliphatic heterocycles. The van der Waals surface area contributed by atoms with Gasteiger partial charge in [-0.15, -0.1) is 0 Å². The average Bonchev–Trinajstić information content (AvgIpc) is 3.29. The Bertz CT molecular complexity index is 1060. The van der Waals surface area contributed by atoms with Crippen LogP contribution in [0.1, 0.15) is 28.8 Å². The molecule has 0 aliphatic carbocycles. The van der Waals surface area contributed by atoms with Gasteiger partial charge in [-0.05, 0) is 48.7 Å². The summed E-state index contributed by atoms with van der Waals surface area (Å²) in [5.74, 6) is -1.12. The van der Waals surface area contributed by atoms with Crippen LogP contribution in [0.15, 0.2) is 41.3 Å². The maximum Gasteiger partial charge on any atom is 0.387 e. The van der Waals surface area contributed by atoms with Crippen LogP contribution in [0.4, 0.5) is 8.78 Å². The van der Waals surface area contributed by atoms with Crippen molar-refractivity contribution < 1.29 is 36.2 Å². The second-order valence-electron chi connectivity index (χ2n) is 6.70. The molecular weight excluding hydrogens is 456 g/mol. The molecule has 1 saturated heterocycles. The van der Waals surface area contributed by atoms with Crippen LogP contribution in [-0.4, -0.2) is 45.5 Å². The van der Waals surface area contributed by atoms with E-state index in [0.29, 0.717) is 18.7 Å². The van der Waals surface area contributed by atoms with Crippen molar-refractivity contribution >= 4 is 27.6 Å². The lowest BCUT2D eigenvalue weighted by molar-refractivity contribution is -0.0511. The van der Waals surface area contributed by atoms with Crippen molar-refractivity contribution in [2.45, 2.75) is 31.0 Å². The summed E-state index contributed by atoms with van der Waals surface area (Å²) in [4.78, 5) is 12.5. The van der Waals surface area contributed by atoms with E-state index >= 15 is 0 Å². The summed E-state index contributed by atoms with van der Waals surface area (Å²) in [6.07, 6.45) is 1.60. The number of rotatable bonds is 8. The molecule has 7 nitrogen and oxygen atoms in total. The first-order valence-corrected chi connectivity index (χ1v) is 11.1. The van der Waals surface area contributed by atoms with Crippen LogP contribution in [0.2, 0.25) is 5.02 Å². The van der Waals surface area contributed by atoms with Crippen LogP contribution in [0.25, 0.3) is 0 Å². The Morgan fingerprint density at radius 1 is 1.19 bits per heavy atom. The highest BCUT2D eigenvalue weighted by molar-refractivity contribution is 7.89. The molecule has 1 fully saturated rings. The Morgan fingerprint density at radius 2 is 1.90 bits per heavy atom. The third-order valence-electron chi connectivity index (χ3n) is 4.64. The maximum atomic E-state index is 12.7. The van der Waals surface area contributed by atoms with E-state index in [0.717, 1.165) is 12.8 Å². The molecule has 0 N–H and O–H groups in total. The van der Waals surface area contributed by atoms with Gasteiger partial charge in [0.25, 0.3) is 0 Å². The lowest BCUT2D eigenvalue weighted by Gasteiger charge is -2.16. The molecule has 0 aromatic heterocycles. The third-order valence-corrected chi connectivity index (χ3v) is 6.81. The molecule has 3 rings (SSSR count). The molecule has 2 aromatic carbocycles. The zero-order chi connectivity index (χ0) is 22.6. The number of methoxy groups -OCH3 is 1. The molecular formula is C20H20ClF2NO6S. The number of carbonyl (C=O) groups is 1. The number of ether oxygens (including phenoxy) is 3. The molecule has 0 unspecified atom stereocenters. The SMILES string of the molecule is COc1cc(COC(=O)c2cccc(S(=O)(=O)N3CCCC3)c2)cc(Cl)c1OC(F)F. The number of nitrogens with zero attached hydrogens (tertiary/aromatic N) is 1. The molecule has 1 aliphatic rings. The summed E-state index contributed by atoms with van der Waals surface area (Å²) in [5, 5.41) is -0.135. The van der Waals surface area contributed by atoms with Crippen LogP contribution >= 0.6 is 11.6 Å². The lowest BCUT2D eigenvalue weighted by Crippen LogP contribution is -2.28. The fraction of sp³-hybridized carbons (Fsp3) is 0.350. The summed E-state index contributed by atoms with van der Waals surface area (Å²) in [6, 6.07) is 8.27. The van der Waals surface area contributed by atoms with Gasteiger partial charge in [-0.1, -0.05) is 17.7 Å². The predicted molar refractivity (Wildman–Crippen MR) is 108 cm³/mol. The van der Waals surface area contributed by atoms with Gasteiger partial charge >= 0.3 is 12.6 Å². The van der Waals surface area contributed by atoms with Crippen LogP contribution in [0, 0.1) is 0 Å². The zero-order valence-electron chi connectivity index (χ0n) is 16.5. The molecule has 11 heteroatoms. The van der Waals surface area contributed by atoms with Gasteiger partial charge in [-0.2, -0.15) is 13.1 Å². The Balaban J connectivity index is 1.73. The summed E-state index contributed by atoms with van der Waals surface area (Å²) in [5.41, 5.74) is 0.439. The number of benzene rings is 2. The fourth-order valence-electron chi connectivity index (χ4n) is 3.15. The van der Waals surface area contributed by atoms with E-state index in [4.69, 9.17) is 21.1 Å². The maximum absolute atomic E-state index is 12.7. The van der Waals surface area contributed by atoms with Crippen molar-refractivity contribution in [2.75, 3.05) is 20.2 Å². The van der Waals surface area contributed by atoms with E-state index in [-0.39, 0.29) is 33.6 Å². The monoisotopic (exact) mass is 475 g/mol. The smallest absolute Gasteiger partial charge is 0.387 e. The van der Waals surface area contributed by atoms with Gasteiger partial charge in [-0.3, -0.25) is 0 Å². The molecule has 2 aromatic rings. The summed E-state index contributed by atoms with van der Waals surface area (Å²) < 4.78 is 66.4. The standard InChI is InChI=1S/C20H20ClF2NO6S/c1-28-17-10-13(9-16(21)18(17)30-20(22)23)12-29-19(25)14-5-4-6-15(11-14)31(26,27)24-7-2-3-8-24/h4-6,9-11,20H,2-3,7-8,12H2,1H3. The van der Waals surface area contributed by atoms with E-state index in [1.165, 1.54) is 47.8 Å². The van der Waals surface area contributed by atoms with Crippen molar-refractivity contribution in [3.63, 3.8) is 0 Å². The third kappa shape index (κ3) is 5.44. The second kappa shape index (κ2) is 9.80. The summed E-state index contributed by atoms with van der Waals surface area (Å²) in [6.45, 7) is -2.43. The number of esters is 1. The van der Waals surface area contributed by atoms with Crippen LogP contribution in [-0.2, 0) is 21.4 Å². The number of alkyl halides is 2. The van der Waals surface area contributed by atoms with E-state index in [1.54, 1.807) is 0 Å². The molecule has 0 atom stereocenters. The normalized spacial score (nSPS) is 14.6. The van der Waals surface area contributed by atoms with Gasteiger partial charge in [0.1, 0.15) is 6.61 Å². The first-order chi connectivity index (χ1) is 14.7. The van der Waals surface area contributed by atoms with E-state index in [2.05, 4.69) is 4.74 Å². The highest BCUT2D eigenvalue weighted by Gasteiger charge is 2.27. The lowest BCUT2D eigenvalue weighted by atomic mass is 10.2. The van der Waals surface area contributed by atoms with Crippen molar-refractivity contribution in [2.24, 2.45) is 0 Å². The number of hydrogen-bond acceptors (Lipinski definition) is 6. The van der Waals surface area contributed by atoms with Crippen LogP contribution in [0.5, 0.6) is 11.5 Å². The molecule has 0 radical (unpaired) electrons. The minimum Gasteiger partial charge on any atom is -0.493 e. The minimum atomic E-state index is -3.67. The number of hydrogen-bond donors (Lipinski definition) is 0. The Kier molecular flexibility index (Phi) is 7.34. The second-order valence-corrected chi connectivity index (χ2v) is 9.05. The first kappa shape index (κ1) is 23.2. The Morgan fingerprint density at radius 3 is 2.55 bits per heavy atom. The van der Waals surface area contributed by atoms with E-state index < -0.39 is 22.6 Å². The largest absolute Gasteiger partial charge is 0.493 e. The van der Waals surface area contributed by atoms with Gasteiger partial charge in [0, 0.05) is 13.1 Å². The molecule has 0 bridgehead atoms. The number of carbonyl (C=O) groups excluding carboxylic acids is 1. The average molecular weight is 476 g/mol. The molecule has 0 saturated carbocycles. The highest BCUT2D eigenvalue weighted by atomic mass is 35.5. The van der Waals surface area contributed by atoms with Gasteiger partial charge in [0.15, 0.2) is 11.5 Å². The minimum absolute atomic E-state index is 0.0158. The molecule has 0 amide bonds. The zero-order valence-corrected chi connectivity index (χ0v) is 18.1. The molecule has 0 spiro atoms. The van der Waals surface area contributed by atoms with Gasteiger partial charge in [-0.25, -0.2) is 13.2 Å². The number of sulfonamides is 1. The molecule has 1 heterocycles. The summed E-state index contributed by atoms with van der Waals surface area (Å²) >= 11 is 5.97. The number of halogens is 3. The van der Waals surface area contributed by atoms with E-state index in [9.17, 15) is 22.0 Å². The molecule has 31 heavy (non-hydrogen) atoms. The molecule has 168 valence electrons. The van der Waals surface area contributed by atoms with Crippen molar-refractivity contribution in [1.29, 1.82) is 0 Å². The van der Waals surface area contributed by atoms with Crippen molar-refractivity contribution in [1.82, 2.24) is 4.31 Å². The topological polar surface area (TPSA) is 82.1 Å². The first-order valence-electron chi connectivity index (χ1n) is 9.31. The van der Waals surface area contributed by atoms with Gasteiger partial charge in [0.05, 0.1) is 22.6 Å². The quantitative estimate of drug-likeness (QED) is 0.535. The Hall–Kier alpha value is -2.43. The summed E-state index contributed by atoms with van der Waals surface area (Å²) in [7, 11) is -2.42. The van der Waals surface area contributed by atoms with E-state index in [1.807, 2.05) is 0 Å². The van der Waals surface area contributed by atoms with Crippen molar-refractivity contribution in [3.05, 3.63) is 52.5 Å². The van der Waals surface area contributed by atoms with Gasteiger partial charge < -0.3 is 14.2 Å². The Labute approximate surface area is 183 Å². The highest BCUT2D eigenvalue weighted by Crippen LogP contribution is 2.37. The fourth-order valence-corrected chi connectivity index (χ4v) is 4.99. The van der Waals surface area contributed by atoms with Crippen LogP contribution in [0.3, 0.4) is 0 Å². The van der Waals surface area contributed by atoms with Crippen LogP contribution < -0.4 is 9.47 Å². The predicted octanol–water partition coefficient (Wildman–Crippen LogP) is 4.09. The van der Waals surface area contributed by atoms with Crippen molar-refractivity contribution in [3.8, 4) is 11.5 Å².